The number of hydrogen-bond donors (Lipinski definition) is 0. The van der Waals surface area contributed by atoms with Crippen LogP contribution in [0.4, 0.5) is 8.78 Å². The van der Waals surface area contributed by atoms with E-state index in [-0.39, 0.29) is 22.2 Å². The number of rotatable bonds is 3. The molecule has 2 rings (SSSR count). The molecule has 0 N–H and O–H groups in total. The highest BCUT2D eigenvalue weighted by Gasteiger charge is 2.15. The average molecular weight is 311 g/mol. The van der Waals surface area contributed by atoms with Crippen molar-refractivity contribution < 1.29 is 13.6 Å². The molecule has 92 valence electrons. The molecule has 2 aromatic rings. The summed E-state index contributed by atoms with van der Waals surface area (Å²) in [6.07, 6.45) is -0.0886. The number of hydrogen-bond acceptors (Lipinski definition) is 1. The summed E-state index contributed by atoms with van der Waals surface area (Å²) >= 11 is 3.02. The van der Waals surface area contributed by atoms with Gasteiger partial charge in [0.1, 0.15) is 11.6 Å². The summed E-state index contributed by atoms with van der Waals surface area (Å²) < 4.78 is 26.8. The van der Waals surface area contributed by atoms with E-state index in [2.05, 4.69) is 15.9 Å². The first-order chi connectivity index (χ1) is 8.59. The lowest BCUT2D eigenvalue weighted by molar-refractivity contribution is 0.0990. The predicted molar refractivity (Wildman–Crippen MR) is 68.5 cm³/mol. The van der Waals surface area contributed by atoms with Crippen LogP contribution in [0.25, 0.3) is 0 Å². The normalized spacial score (nSPS) is 10.4. The second-order valence-electron chi connectivity index (χ2n) is 3.79. The van der Waals surface area contributed by atoms with Crippen LogP contribution in [0.3, 0.4) is 0 Å². The van der Waals surface area contributed by atoms with E-state index in [4.69, 9.17) is 0 Å². The predicted octanol–water partition coefficient (Wildman–Crippen LogP) is 4.15. The quantitative estimate of drug-likeness (QED) is 0.778. The summed E-state index contributed by atoms with van der Waals surface area (Å²) in [4.78, 5) is 12.0. The Morgan fingerprint density at radius 2 is 1.67 bits per heavy atom. The number of benzene rings is 2. The molecule has 0 fully saturated rings. The van der Waals surface area contributed by atoms with Crippen molar-refractivity contribution in [2.45, 2.75) is 6.42 Å². The van der Waals surface area contributed by atoms with Gasteiger partial charge in [-0.3, -0.25) is 4.79 Å². The van der Waals surface area contributed by atoms with Crippen molar-refractivity contribution in [3.8, 4) is 0 Å². The smallest absolute Gasteiger partial charge is 0.168 e. The monoisotopic (exact) mass is 310 g/mol. The molecule has 0 unspecified atom stereocenters. The summed E-state index contributed by atoms with van der Waals surface area (Å²) in [5.74, 6) is -1.26. The fourth-order valence-electron chi connectivity index (χ4n) is 1.63. The summed E-state index contributed by atoms with van der Waals surface area (Å²) in [5, 5.41) is 0. The lowest BCUT2D eigenvalue weighted by Crippen LogP contribution is -2.06. The first-order valence-electron chi connectivity index (χ1n) is 5.30. The largest absolute Gasteiger partial charge is 0.294 e. The molecule has 0 aliphatic rings. The highest BCUT2D eigenvalue weighted by Crippen LogP contribution is 2.22. The Hall–Kier alpha value is -1.55. The minimum Gasteiger partial charge on any atom is -0.294 e. The van der Waals surface area contributed by atoms with E-state index in [9.17, 15) is 13.6 Å². The summed E-state index contributed by atoms with van der Waals surface area (Å²) in [7, 11) is 0. The van der Waals surface area contributed by atoms with Gasteiger partial charge in [0.25, 0.3) is 0 Å². The van der Waals surface area contributed by atoms with Gasteiger partial charge in [0, 0.05) is 12.0 Å². The molecule has 4 heteroatoms. The second-order valence-corrected chi connectivity index (χ2v) is 4.59. The topological polar surface area (TPSA) is 17.1 Å². The van der Waals surface area contributed by atoms with Crippen molar-refractivity contribution >= 4 is 21.7 Å². The Labute approximate surface area is 112 Å². The van der Waals surface area contributed by atoms with Gasteiger partial charge in [0.15, 0.2) is 5.78 Å². The van der Waals surface area contributed by atoms with Crippen LogP contribution in [-0.2, 0) is 6.42 Å². The molecule has 0 amide bonds. The molecule has 0 aromatic heterocycles. The molecule has 0 heterocycles. The highest BCUT2D eigenvalue weighted by atomic mass is 79.9. The third kappa shape index (κ3) is 2.64. The van der Waals surface area contributed by atoms with Crippen molar-refractivity contribution in [3.63, 3.8) is 0 Å². The zero-order chi connectivity index (χ0) is 13.1. The third-order valence-corrected chi connectivity index (χ3v) is 3.37. The van der Waals surface area contributed by atoms with Crippen LogP contribution in [0.2, 0.25) is 0 Å². The van der Waals surface area contributed by atoms with Gasteiger partial charge in [0.05, 0.1) is 4.47 Å². The minimum atomic E-state index is -0.505. The zero-order valence-electron chi connectivity index (χ0n) is 9.29. The molecule has 0 bridgehead atoms. The van der Waals surface area contributed by atoms with Crippen LogP contribution >= 0.6 is 15.9 Å². The molecular weight excluding hydrogens is 302 g/mol. The lowest BCUT2D eigenvalue weighted by atomic mass is 10.0. The molecule has 0 aliphatic carbocycles. The van der Waals surface area contributed by atoms with Gasteiger partial charge in [-0.05, 0) is 33.6 Å². The van der Waals surface area contributed by atoms with Crippen LogP contribution in [0.5, 0.6) is 0 Å². The van der Waals surface area contributed by atoms with E-state index in [0.717, 1.165) is 0 Å². The van der Waals surface area contributed by atoms with Gasteiger partial charge in [-0.15, -0.1) is 0 Å². The van der Waals surface area contributed by atoms with E-state index >= 15 is 0 Å². The maximum atomic E-state index is 13.4. The molecule has 2 aromatic carbocycles. The van der Waals surface area contributed by atoms with E-state index in [1.54, 1.807) is 18.2 Å². The third-order valence-electron chi connectivity index (χ3n) is 2.56. The van der Waals surface area contributed by atoms with Gasteiger partial charge in [0.2, 0.25) is 0 Å². The second kappa shape index (κ2) is 5.40. The van der Waals surface area contributed by atoms with Crippen molar-refractivity contribution in [2.24, 2.45) is 0 Å². The fourth-order valence-corrected chi connectivity index (χ4v) is 2.11. The minimum absolute atomic E-state index is 0.0886. The zero-order valence-corrected chi connectivity index (χ0v) is 10.9. The first kappa shape index (κ1) is 12.9. The van der Waals surface area contributed by atoms with Crippen LogP contribution in [0, 0.1) is 11.6 Å². The Balaban J connectivity index is 2.28. The summed E-state index contributed by atoms with van der Waals surface area (Å²) in [5.41, 5.74) is 0.525. The molecule has 18 heavy (non-hydrogen) atoms. The molecule has 0 radical (unpaired) electrons. The van der Waals surface area contributed by atoms with Crippen LogP contribution in [0.15, 0.2) is 46.9 Å². The lowest BCUT2D eigenvalue weighted by Gasteiger charge is -2.05. The first-order valence-corrected chi connectivity index (χ1v) is 6.09. The van der Waals surface area contributed by atoms with E-state index in [1.165, 1.54) is 24.3 Å². The molecule has 0 saturated heterocycles. The maximum Gasteiger partial charge on any atom is 0.168 e. The Bertz CT molecular complexity index is 596. The van der Waals surface area contributed by atoms with Gasteiger partial charge in [-0.1, -0.05) is 30.3 Å². The van der Waals surface area contributed by atoms with E-state index in [1.807, 2.05) is 0 Å². The van der Waals surface area contributed by atoms with Crippen molar-refractivity contribution in [3.05, 3.63) is 69.7 Å². The number of halogens is 3. The summed E-state index contributed by atoms with van der Waals surface area (Å²) in [6, 6.07) is 10.3. The molecule has 0 aliphatic heterocycles. The van der Waals surface area contributed by atoms with Gasteiger partial charge < -0.3 is 0 Å². The molecule has 1 nitrogen and oxygen atoms in total. The molecule has 0 spiro atoms. The number of ketones is 1. The van der Waals surface area contributed by atoms with Gasteiger partial charge in [-0.25, -0.2) is 8.78 Å². The van der Waals surface area contributed by atoms with Crippen LogP contribution < -0.4 is 0 Å². The van der Waals surface area contributed by atoms with Crippen LogP contribution in [0.1, 0.15) is 15.9 Å². The maximum absolute atomic E-state index is 13.4. The summed E-state index contributed by atoms with van der Waals surface area (Å²) in [6.45, 7) is 0. The fraction of sp³-hybridized carbons (Fsp3) is 0.0714. The number of Topliss-reactive ketones (excluding diaryl/α,β-unsaturated/α-hetero) is 1. The highest BCUT2D eigenvalue weighted by molar-refractivity contribution is 9.10. The van der Waals surface area contributed by atoms with E-state index in [0.29, 0.717) is 5.56 Å². The van der Waals surface area contributed by atoms with Crippen molar-refractivity contribution in [1.29, 1.82) is 0 Å². The van der Waals surface area contributed by atoms with E-state index < -0.39 is 11.6 Å². The molecular formula is C14H9BrF2O. The van der Waals surface area contributed by atoms with Crippen molar-refractivity contribution in [2.75, 3.05) is 0 Å². The Kier molecular flexibility index (Phi) is 3.87. The molecule has 0 saturated carbocycles. The average Bonchev–Trinajstić information content (AvgIpc) is 2.35. The molecule has 0 atom stereocenters. The van der Waals surface area contributed by atoms with Crippen molar-refractivity contribution in [1.82, 2.24) is 0 Å². The standard InChI is InChI=1S/C14H9BrF2O/c15-14-10(5-3-7-12(14)17)13(18)8-9-4-1-2-6-11(9)16/h1-7H,8H2. The van der Waals surface area contributed by atoms with Crippen LogP contribution in [-0.4, -0.2) is 5.78 Å². The number of carbonyl (C=O) groups excluding carboxylic acids is 1. The van der Waals surface area contributed by atoms with Gasteiger partial charge in [-0.2, -0.15) is 0 Å². The van der Waals surface area contributed by atoms with Gasteiger partial charge >= 0.3 is 0 Å². The Morgan fingerprint density at radius 1 is 1.00 bits per heavy atom. The number of carbonyl (C=O) groups is 1. The SMILES string of the molecule is O=C(Cc1ccccc1F)c1cccc(F)c1Br. The Morgan fingerprint density at radius 3 is 2.39 bits per heavy atom.